The first-order valence-corrected chi connectivity index (χ1v) is 6.13. The van der Waals surface area contributed by atoms with Crippen molar-refractivity contribution in [3.63, 3.8) is 0 Å². The number of aromatic nitrogens is 2. The van der Waals surface area contributed by atoms with E-state index in [1.54, 1.807) is 0 Å². The highest BCUT2D eigenvalue weighted by atomic mass is 32.2. The van der Waals surface area contributed by atoms with Gasteiger partial charge in [0.25, 0.3) is 5.91 Å². The van der Waals surface area contributed by atoms with Crippen molar-refractivity contribution in [1.29, 1.82) is 0 Å². The van der Waals surface area contributed by atoms with Crippen molar-refractivity contribution in [2.24, 2.45) is 5.73 Å². The molecular formula is C12H8FN3O3S. The molecule has 0 atom stereocenters. The van der Waals surface area contributed by atoms with Crippen molar-refractivity contribution < 1.29 is 19.1 Å². The summed E-state index contributed by atoms with van der Waals surface area (Å²) in [6.07, 6.45) is 0. The van der Waals surface area contributed by atoms with E-state index in [2.05, 4.69) is 10.2 Å². The fourth-order valence-corrected chi connectivity index (χ4v) is 2.13. The number of hydrogen-bond donors (Lipinski definition) is 2. The molecule has 102 valence electrons. The first-order chi connectivity index (χ1) is 9.47. The molecule has 1 aromatic heterocycles. The fraction of sp³-hybridized carbons (Fsp3) is 0. The predicted molar refractivity (Wildman–Crippen MR) is 68.0 cm³/mol. The second-order valence-corrected chi connectivity index (χ2v) is 4.76. The van der Waals surface area contributed by atoms with Gasteiger partial charge >= 0.3 is 5.97 Å². The van der Waals surface area contributed by atoms with Gasteiger partial charge in [-0.15, -0.1) is 10.2 Å². The Morgan fingerprint density at radius 3 is 2.50 bits per heavy atom. The zero-order valence-corrected chi connectivity index (χ0v) is 10.7. The summed E-state index contributed by atoms with van der Waals surface area (Å²) in [5, 5.41) is 16.6. The van der Waals surface area contributed by atoms with E-state index in [4.69, 9.17) is 10.8 Å². The highest BCUT2D eigenvalue weighted by Gasteiger charge is 2.12. The molecule has 2 rings (SSSR count). The Hall–Kier alpha value is -2.48. The molecule has 1 amide bonds. The van der Waals surface area contributed by atoms with E-state index >= 15 is 0 Å². The van der Waals surface area contributed by atoms with Gasteiger partial charge in [0.2, 0.25) is 0 Å². The number of nitrogens with two attached hydrogens (primary N) is 1. The number of benzene rings is 1. The summed E-state index contributed by atoms with van der Waals surface area (Å²) in [7, 11) is 0. The molecule has 0 bridgehead atoms. The Morgan fingerprint density at radius 2 is 1.95 bits per heavy atom. The molecule has 3 N–H and O–H groups in total. The zero-order valence-electron chi connectivity index (χ0n) is 9.91. The number of primary amides is 1. The quantitative estimate of drug-likeness (QED) is 0.886. The summed E-state index contributed by atoms with van der Waals surface area (Å²) in [5.74, 6) is -2.85. The fourth-order valence-electron chi connectivity index (χ4n) is 1.36. The molecule has 8 heteroatoms. The lowest BCUT2D eigenvalue weighted by molar-refractivity contribution is 0.0691. The predicted octanol–water partition coefficient (Wildman–Crippen LogP) is 1.56. The lowest BCUT2D eigenvalue weighted by Gasteiger charge is -2.03. The van der Waals surface area contributed by atoms with Crippen LogP contribution in [0.25, 0.3) is 0 Å². The van der Waals surface area contributed by atoms with Crippen LogP contribution in [0.2, 0.25) is 0 Å². The van der Waals surface area contributed by atoms with Crippen LogP contribution in [0.5, 0.6) is 0 Å². The summed E-state index contributed by atoms with van der Waals surface area (Å²) < 4.78 is 13.2. The van der Waals surface area contributed by atoms with Gasteiger partial charge < -0.3 is 10.8 Å². The van der Waals surface area contributed by atoms with Gasteiger partial charge in [-0.25, -0.2) is 9.18 Å². The van der Waals surface area contributed by atoms with Crippen molar-refractivity contribution in [1.82, 2.24) is 10.2 Å². The van der Waals surface area contributed by atoms with Gasteiger partial charge in [-0.05, 0) is 30.3 Å². The molecule has 1 heterocycles. The van der Waals surface area contributed by atoms with E-state index in [1.807, 2.05) is 0 Å². The molecule has 20 heavy (non-hydrogen) atoms. The molecule has 6 nitrogen and oxygen atoms in total. The van der Waals surface area contributed by atoms with Crippen molar-refractivity contribution >= 4 is 23.6 Å². The lowest BCUT2D eigenvalue weighted by Crippen LogP contribution is -2.13. The highest BCUT2D eigenvalue weighted by molar-refractivity contribution is 7.99. The SMILES string of the molecule is NC(=O)c1ccc(Sc2ccc(F)c(C(=O)O)c2)nn1. The number of nitrogens with zero attached hydrogens (tertiary/aromatic N) is 2. The molecule has 0 saturated carbocycles. The maximum Gasteiger partial charge on any atom is 0.338 e. The summed E-state index contributed by atoms with van der Waals surface area (Å²) in [4.78, 5) is 22.1. The molecule has 0 unspecified atom stereocenters. The molecule has 2 aromatic rings. The molecule has 0 aliphatic carbocycles. The second kappa shape index (κ2) is 5.66. The standard InChI is InChI=1S/C12H8FN3O3S/c13-8-2-1-6(5-7(8)12(18)19)20-10-4-3-9(11(14)17)15-16-10/h1-5H,(H2,14,17)(H,18,19). The van der Waals surface area contributed by atoms with Crippen LogP contribution in [0, 0.1) is 5.82 Å². The van der Waals surface area contributed by atoms with Crippen LogP contribution in [0.1, 0.15) is 20.8 Å². The average molecular weight is 293 g/mol. The van der Waals surface area contributed by atoms with Crippen molar-refractivity contribution in [3.05, 3.63) is 47.4 Å². The third kappa shape index (κ3) is 3.09. The first-order valence-electron chi connectivity index (χ1n) is 5.31. The van der Waals surface area contributed by atoms with E-state index in [0.29, 0.717) is 9.92 Å². The van der Waals surface area contributed by atoms with Crippen LogP contribution >= 0.6 is 11.8 Å². The normalized spacial score (nSPS) is 10.2. The van der Waals surface area contributed by atoms with Gasteiger partial charge in [-0.2, -0.15) is 0 Å². The van der Waals surface area contributed by atoms with Crippen LogP contribution < -0.4 is 5.73 Å². The summed E-state index contributed by atoms with van der Waals surface area (Å²) in [6.45, 7) is 0. The van der Waals surface area contributed by atoms with Crippen LogP contribution in [-0.4, -0.2) is 27.2 Å². The highest BCUT2D eigenvalue weighted by Crippen LogP contribution is 2.27. The minimum atomic E-state index is -1.35. The van der Waals surface area contributed by atoms with Gasteiger partial charge in [-0.3, -0.25) is 4.79 Å². The van der Waals surface area contributed by atoms with E-state index in [1.165, 1.54) is 24.3 Å². The maximum atomic E-state index is 13.2. The largest absolute Gasteiger partial charge is 0.478 e. The first kappa shape index (κ1) is 13.9. The number of aromatic carboxylic acids is 1. The molecule has 1 aromatic carbocycles. The maximum absolute atomic E-state index is 13.2. The Kier molecular flexibility index (Phi) is 3.94. The van der Waals surface area contributed by atoms with Gasteiger partial charge in [0.1, 0.15) is 10.8 Å². The van der Waals surface area contributed by atoms with E-state index in [0.717, 1.165) is 17.8 Å². The molecule has 0 radical (unpaired) electrons. The number of halogens is 1. The van der Waals surface area contributed by atoms with Crippen LogP contribution in [0.3, 0.4) is 0 Å². The number of carbonyl (C=O) groups is 2. The third-order valence-electron chi connectivity index (χ3n) is 2.28. The lowest BCUT2D eigenvalue weighted by atomic mass is 10.2. The van der Waals surface area contributed by atoms with Gasteiger partial charge in [0.15, 0.2) is 5.69 Å². The molecule has 0 spiro atoms. The van der Waals surface area contributed by atoms with Crippen LogP contribution in [0.4, 0.5) is 4.39 Å². The monoisotopic (exact) mass is 293 g/mol. The summed E-state index contributed by atoms with van der Waals surface area (Å²) >= 11 is 1.09. The number of carbonyl (C=O) groups excluding carboxylic acids is 1. The summed E-state index contributed by atoms with van der Waals surface area (Å²) in [5.41, 5.74) is 4.64. The van der Waals surface area contributed by atoms with Crippen molar-refractivity contribution in [2.45, 2.75) is 9.92 Å². The van der Waals surface area contributed by atoms with Gasteiger partial charge in [0.05, 0.1) is 5.56 Å². The number of carboxylic acid groups (broad SMARTS) is 1. The topological polar surface area (TPSA) is 106 Å². The van der Waals surface area contributed by atoms with Gasteiger partial charge in [-0.1, -0.05) is 11.8 Å². The Labute approximate surface area is 116 Å². The molecule has 0 saturated heterocycles. The summed E-state index contributed by atoms with van der Waals surface area (Å²) in [6, 6.07) is 6.61. The Bertz CT molecular complexity index is 676. The molecule has 0 aliphatic rings. The Balaban J connectivity index is 2.23. The van der Waals surface area contributed by atoms with E-state index in [-0.39, 0.29) is 5.69 Å². The van der Waals surface area contributed by atoms with E-state index in [9.17, 15) is 14.0 Å². The van der Waals surface area contributed by atoms with Crippen molar-refractivity contribution in [3.8, 4) is 0 Å². The number of hydrogen-bond acceptors (Lipinski definition) is 5. The minimum Gasteiger partial charge on any atom is -0.478 e. The van der Waals surface area contributed by atoms with Gasteiger partial charge in [0, 0.05) is 4.90 Å². The third-order valence-corrected chi connectivity index (χ3v) is 3.20. The molecular weight excluding hydrogens is 285 g/mol. The molecule has 0 aliphatic heterocycles. The smallest absolute Gasteiger partial charge is 0.338 e. The van der Waals surface area contributed by atoms with Crippen LogP contribution in [-0.2, 0) is 0 Å². The molecule has 0 fully saturated rings. The number of amides is 1. The number of rotatable bonds is 4. The van der Waals surface area contributed by atoms with Crippen molar-refractivity contribution in [2.75, 3.05) is 0 Å². The van der Waals surface area contributed by atoms with E-state index < -0.39 is 23.3 Å². The van der Waals surface area contributed by atoms with Crippen LogP contribution in [0.15, 0.2) is 40.3 Å². The minimum absolute atomic E-state index is 0.0275. The Morgan fingerprint density at radius 1 is 1.20 bits per heavy atom. The average Bonchev–Trinajstić information content (AvgIpc) is 2.41. The zero-order chi connectivity index (χ0) is 14.7. The number of carboxylic acids is 1. The second-order valence-electron chi connectivity index (χ2n) is 3.67.